The second-order valence-corrected chi connectivity index (χ2v) is 4.97. The van der Waals surface area contributed by atoms with Gasteiger partial charge in [-0.1, -0.05) is 33.6 Å². The van der Waals surface area contributed by atoms with E-state index < -0.39 is 0 Å². The van der Waals surface area contributed by atoms with E-state index >= 15 is 0 Å². The maximum Gasteiger partial charge on any atom is 0.224 e. The highest BCUT2D eigenvalue weighted by Gasteiger charge is 2.17. The molecule has 0 spiro atoms. The van der Waals surface area contributed by atoms with Crippen LogP contribution in [-0.2, 0) is 11.2 Å². The number of nitrogens with two attached hydrogens (primary N) is 1. The molecule has 0 saturated carbocycles. The molecule has 3 N–H and O–H groups in total. The molecule has 0 aromatic carbocycles. The Bertz CT molecular complexity index is 391. The number of anilines is 1. The normalized spacial score (nSPS) is 13.8. The summed E-state index contributed by atoms with van der Waals surface area (Å²) in [5.41, 5.74) is 6.20. The molecular formula is C14H24N4O. The van der Waals surface area contributed by atoms with Crippen LogP contribution >= 0.6 is 0 Å². The Morgan fingerprint density at radius 3 is 2.53 bits per heavy atom. The highest BCUT2D eigenvalue weighted by molar-refractivity contribution is 5.78. The molecule has 1 rings (SSSR count). The molecule has 2 atom stereocenters. The van der Waals surface area contributed by atoms with Crippen molar-refractivity contribution in [3.63, 3.8) is 0 Å². The van der Waals surface area contributed by atoms with Crippen LogP contribution in [0.3, 0.4) is 0 Å². The maximum atomic E-state index is 12.0. The van der Waals surface area contributed by atoms with Gasteiger partial charge in [-0.25, -0.2) is 9.97 Å². The van der Waals surface area contributed by atoms with Gasteiger partial charge in [0, 0.05) is 18.4 Å². The number of amides is 1. The number of rotatable bonds is 7. The quantitative estimate of drug-likeness (QED) is 0.788. The summed E-state index contributed by atoms with van der Waals surface area (Å²) in [6.45, 7) is 6.45. The Morgan fingerprint density at radius 2 is 2.00 bits per heavy atom. The average Bonchev–Trinajstić information content (AvgIpc) is 2.40. The van der Waals surface area contributed by atoms with Crippen LogP contribution in [0.2, 0.25) is 0 Å². The molecule has 5 heteroatoms. The van der Waals surface area contributed by atoms with Crippen molar-refractivity contribution in [3.05, 3.63) is 18.0 Å². The lowest BCUT2D eigenvalue weighted by atomic mass is 9.95. The molecule has 0 aliphatic carbocycles. The van der Waals surface area contributed by atoms with Gasteiger partial charge >= 0.3 is 0 Å². The highest BCUT2D eigenvalue weighted by Crippen LogP contribution is 2.13. The topological polar surface area (TPSA) is 80.9 Å². The number of hydrogen-bond donors (Lipinski definition) is 2. The van der Waals surface area contributed by atoms with Crippen LogP contribution in [0.5, 0.6) is 0 Å². The Labute approximate surface area is 115 Å². The van der Waals surface area contributed by atoms with Gasteiger partial charge in [-0.3, -0.25) is 4.79 Å². The third-order valence-electron chi connectivity index (χ3n) is 3.37. The summed E-state index contributed by atoms with van der Waals surface area (Å²) in [6, 6.07) is 0.247. The Balaban J connectivity index is 2.54. The van der Waals surface area contributed by atoms with Crippen LogP contribution in [0.4, 0.5) is 5.95 Å². The minimum Gasteiger partial charge on any atom is -0.368 e. The summed E-state index contributed by atoms with van der Waals surface area (Å²) in [7, 11) is 0. The first-order chi connectivity index (χ1) is 9.06. The molecule has 0 fully saturated rings. The first kappa shape index (κ1) is 15.4. The molecule has 0 aliphatic rings. The monoisotopic (exact) mass is 264 g/mol. The SMILES string of the molecule is CCCC(NC(=O)Cc1cnc(N)nc1)C(C)CC. The fourth-order valence-corrected chi connectivity index (χ4v) is 1.99. The molecule has 2 unspecified atom stereocenters. The van der Waals surface area contributed by atoms with E-state index in [2.05, 4.69) is 36.1 Å². The van der Waals surface area contributed by atoms with Gasteiger partial charge in [0.1, 0.15) is 0 Å². The Morgan fingerprint density at radius 1 is 1.37 bits per heavy atom. The second-order valence-electron chi connectivity index (χ2n) is 4.97. The van der Waals surface area contributed by atoms with Gasteiger partial charge in [0.25, 0.3) is 0 Å². The van der Waals surface area contributed by atoms with Crippen molar-refractivity contribution in [2.45, 2.75) is 52.5 Å². The van der Waals surface area contributed by atoms with Gasteiger partial charge in [0.05, 0.1) is 6.42 Å². The molecule has 19 heavy (non-hydrogen) atoms. The van der Waals surface area contributed by atoms with Crippen molar-refractivity contribution < 1.29 is 4.79 Å². The van der Waals surface area contributed by atoms with Gasteiger partial charge in [-0.05, 0) is 17.9 Å². The number of aromatic nitrogens is 2. The third-order valence-corrected chi connectivity index (χ3v) is 3.37. The van der Waals surface area contributed by atoms with Gasteiger partial charge in [0.15, 0.2) is 0 Å². The van der Waals surface area contributed by atoms with E-state index in [1.54, 1.807) is 12.4 Å². The average molecular weight is 264 g/mol. The van der Waals surface area contributed by atoms with Gasteiger partial charge in [0.2, 0.25) is 11.9 Å². The van der Waals surface area contributed by atoms with Crippen molar-refractivity contribution in [2.24, 2.45) is 5.92 Å². The van der Waals surface area contributed by atoms with E-state index in [0.717, 1.165) is 24.8 Å². The van der Waals surface area contributed by atoms with Crippen molar-refractivity contribution >= 4 is 11.9 Å². The highest BCUT2D eigenvalue weighted by atomic mass is 16.1. The fraction of sp³-hybridized carbons (Fsp3) is 0.643. The van der Waals surface area contributed by atoms with Crippen molar-refractivity contribution in [3.8, 4) is 0 Å². The third kappa shape index (κ3) is 5.24. The molecule has 0 saturated heterocycles. The minimum absolute atomic E-state index is 0.0205. The van der Waals surface area contributed by atoms with E-state index in [1.807, 2.05) is 0 Å². The van der Waals surface area contributed by atoms with E-state index in [1.165, 1.54) is 0 Å². The smallest absolute Gasteiger partial charge is 0.224 e. The number of hydrogen-bond acceptors (Lipinski definition) is 4. The van der Waals surface area contributed by atoms with E-state index in [0.29, 0.717) is 12.3 Å². The summed E-state index contributed by atoms with van der Waals surface area (Å²) >= 11 is 0. The summed E-state index contributed by atoms with van der Waals surface area (Å²) in [4.78, 5) is 19.8. The predicted octanol–water partition coefficient (Wildman–Crippen LogP) is 1.93. The van der Waals surface area contributed by atoms with E-state index in [9.17, 15) is 4.79 Å². The van der Waals surface area contributed by atoms with Crippen LogP contribution in [0.1, 0.15) is 45.6 Å². The lowest BCUT2D eigenvalue weighted by Crippen LogP contribution is -2.40. The molecule has 5 nitrogen and oxygen atoms in total. The van der Waals surface area contributed by atoms with Crippen LogP contribution in [0, 0.1) is 5.92 Å². The lowest BCUT2D eigenvalue weighted by Gasteiger charge is -2.23. The molecule has 0 bridgehead atoms. The van der Waals surface area contributed by atoms with Gasteiger partial charge < -0.3 is 11.1 Å². The zero-order valence-electron chi connectivity index (χ0n) is 12.0. The molecule has 1 aromatic heterocycles. The van der Waals surface area contributed by atoms with E-state index in [-0.39, 0.29) is 17.9 Å². The summed E-state index contributed by atoms with van der Waals surface area (Å²) < 4.78 is 0. The second kappa shape index (κ2) is 7.71. The van der Waals surface area contributed by atoms with Gasteiger partial charge in [-0.15, -0.1) is 0 Å². The standard InChI is InChI=1S/C14H24N4O/c1-4-6-12(10(3)5-2)18-13(19)7-11-8-16-14(15)17-9-11/h8-10,12H,4-7H2,1-3H3,(H,18,19)(H2,15,16,17). The maximum absolute atomic E-state index is 12.0. The molecule has 1 amide bonds. The van der Waals surface area contributed by atoms with Crippen molar-refractivity contribution in [1.29, 1.82) is 0 Å². The van der Waals surface area contributed by atoms with Crippen LogP contribution < -0.4 is 11.1 Å². The predicted molar refractivity (Wildman–Crippen MR) is 76.4 cm³/mol. The molecular weight excluding hydrogens is 240 g/mol. The zero-order chi connectivity index (χ0) is 14.3. The zero-order valence-corrected chi connectivity index (χ0v) is 12.0. The molecule has 1 aromatic rings. The molecule has 0 radical (unpaired) electrons. The first-order valence-corrected chi connectivity index (χ1v) is 6.92. The van der Waals surface area contributed by atoms with Crippen LogP contribution in [0.25, 0.3) is 0 Å². The number of nitrogen functional groups attached to an aromatic ring is 1. The lowest BCUT2D eigenvalue weighted by molar-refractivity contribution is -0.121. The Kier molecular flexibility index (Phi) is 6.25. The fourth-order valence-electron chi connectivity index (χ4n) is 1.99. The summed E-state index contributed by atoms with van der Waals surface area (Å²) in [5, 5.41) is 3.11. The van der Waals surface area contributed by atoms with E-state index in [4.69, 9.17) is 5.73 Å². The van der Waals surface area contributed by atoms with Crippen molar-refractivity contribution in [1.82, 2.24) is 15.3 Å². The number of carbonyl (C=O) groups excluding carboxylic acids is 1. The summed E-state index contributed by atoms with van der Waals surface area (Å²) in [5.74, 6) is 0.742. The number of nitrogens with one attached hydrogen (secondary N) is 1. The Hall–Kier alpha value is -1.65. The largest absolute Gasteiger partial charge is 0.368 e. The molecule has 106 valence electrons. The van der Waals surface area contributed by atoms with Crippen LogP contribution in [-0.4, -0.2) is 21.9 Å². The summed E-state index contributed by atoms with van der Waals surface area (Å²) in [6.07, 6.45) is 6.64. The minimum atomic E-state index is 0.0205. The van der Waals surface area contributed by atoms with Crippen molar-refractivity contribution in [2.75, 3.05) is 5.73 Å². The number of nitrogens with zero attached hydrogens (tertiary/aromatic N) is 2. The van der Waals surface area contributed by atoms with Gasteiger partial charge in [-0.2, -0.15) is 0 Å². The number of carbonyl (C=O) groups is 1. The molecule has 1 heterocycles. The van der Waals surface area contributed by atoms with Crippen LogP contribution in [0.15, 0.2) is 12.4 Å². The first-order valence-electron chi connectivity index (χ1n) is 6.92. The molecule has 0 aliphatic heterocycles.